The van der Waals surface area contributed by atoms with Gasteiger partial charge in [-0.15, -0.1) is 0 Å². The average molecular weight is 347 g/mol. The fourth-order valence-corrected chi connectivity index (χ4v) is 1.80. The van der Waals surface area contributed by atoms with Gasteiger partial charge in [-0.05, 0) is 30.3 Å². The Bertz CT molecular complexity index is 715. The van der Waals surface area contributed by atoms with Crippen LogP contribution in [-0.2, 0) is 22.3 Å². The molecule has 2 aromatic rings. The van der Waals surface area contributed by atoms with E-state index in [1.54, 1.807) is 12.1 Å². The molecule has 0 aliphatic carbocycles. The van der Waals surface area contributed by atoms with Crippen LogP contribution in [-0.4, -0.2) is 11.8 Å². The van der Waals surface area contributed by atoms with Crippen molar-refractivity contribution in [3.8, 4) is 0 Å². The van der Waals surface area contributed by atoms with Crippen molar-refractivity contribution in [2.45, 2.75) is 12.7 Å². The largest absolute Gasteiger partial charge is 0.467 e. The fraction of sp³-hybridized carbons (Fsp3) is 0.143. The summed E-state index contributed by atoms with van der Waals surface area (Å²) in [6, 6.07) is 5.60. The molecule has 0 aliphatic rings. The number of amides is 2. The Morgan fingerprint density at radius 3 is 2.52 bits per heavy atom. The summed E-state index contributed by atoms with van der Waals surface area (Å²) in [4.78, 5) is 23.3. The van der Waals surface area contributed by atoms with E-state index in [-0.39, 0.29) is 17.3 Å². The third-order valence-corrected chi connectivity index (χ3v) is 3.08. The second-order valence-corrected chi connectivity index (χ2v) is 4.82. The van der Waals surface area contributed by atoms with Crippen LogP contribution in [0.5, 0.6) is 0 Å². The predicted molar refractivity (Wildman–Crippen MR) is 75.6 cm³/mol. The zero-order chi connectivity index (χ0) is 17.0. The van der Waals surface area contributed by atoms with Gasteiger partial charge in [-0.3, -0.25) is 9.59 Å². The predicted octanol–water partition coefficient (Wildman–Crippen LogP) is 3.21. The monoisotopic (exact) mass is 346 g/mol. The van der Waals surface area contributed by atoms with Crippen molar-refractivity contribution >= 4 is 29.1 Å². The number of nitrogens with one attached hydrogen (secondary N) is 2. The molecule has 1 aromatic carbocycles. The standard InChI is InChI=1S/C14H10ClF3N2O3/c15-10-4-3-8(14(16,17)18)6-11(10)20-13(22)12(21)19-7-9-2-1-5-23-9/h1-6H,7H2,(H,19,21)(H,20,22). The Hall–Kier alpha value is -2.48. The topological polar surface area (TPSA) is 71.3 Å². The molecule has 0 saturated carbocycles. The third kappa shape index (κ3) is 4.49. The molecule has 9 heteroatoms. The van der Waals surface area contributed by atoms with Crippen LogP contribution in [0.3, 0.4) is 0 Å². The molecule has 1 aromatic heterocycles. The molecule has 0 spiro atoms. The second-order valence-electron chi connectivity index (χ2n) is 4.41. The maximum atomic E-state index is 12.6. The summed E-state index contributed by atoms with van der Waals surface area (Å²) in [6.07, 6.45) is -3.20. The first-order chi connectivity index (χ1) is 10.8. The summed E-state index contributed by atoms with van der Waals surface area (Å²) in [6.45, 7) is -0.0322. The van der Waals surface area contributed by atoms with Gasteiger partial charge in [0, 0.05) is 0 Å². The van der Waals surface area contributed by atoms with Gasteiger partial charge in [0.05, 0.1) is 29.1 Å². The molecule has 0 fully saturated rings. The normalized spacial score (nSPS) is 11.1. The summed E-state index contributed by atoms with van der Waals surface area (Å²) in [5.74, 6) is -1.75. The summed E-state index contributed by atoms with van der Waals surface area (Å²) >= 11 is 5.72. The van der Waals surface area contributed by atoms with Crippen molar-refractivity contribution in [2.24, 2.45) is 0 Å². The van der Waals surface area contributed by atoms with Crippen molar-refractivity contribution in [3.63, 3.8) is 0 Å². The summed E-state index contributed by atoms with van der Waals surface area (Å²) in [5.41, 5.74) is -1.30. The van der Waals surface area contributed by atoms with Crippen molar-refractivity contribution in [2.75, 3.05) is 5.32 Å². The summed E-state index contributed by atoms with van der Waals surface area (Å²) in [7, 11) is 0. The van der Waals surface area contributed by atoms with E-state index in [4.69, 9.17) is 16.0 Å². The molecule has 122 valence electrons. The van der Waals surface area contributed by atoms with E-state index in [1.165, 1.54) is 6.26 Å². The number of carbonyl (C=O) groups is 2. The third-order valence-electron chi connectivity index (χ3n) is 2.75. The van der Waals surface area contributed by atoms with Crippen LogP contribution in [0.15, 0.2) is 41.0 Å². The highest BCUT2D eigenvalue weighted by Gasteiger charge is 2.31. The van der Waals surface area contributed by atoms with Crippen molar-refractivity contribution in [3.05, 3.63) is 52.9 Å². The number of anilines is 1. The quantitative estimate of drug-likeness (QED) is 0.838. The van der Waals surface area contributed by atoms with E-state index >= 15 is 0 Å². The van der Waals surface area contributed by atoms with Crippen LogP contribution in [0, 0.1) is 0 Å². The van der Waals surface area contributed by atoms with Crippen LogP contribution in [0.4, 0.5) is 18.9 Å². The van der Waals surface area contributed by atoms with Crippen molar-refractivity contribution < 1.29 is 27.2 Å². The number of halogens is 4. The molecule has 23 heavy (non-hydrogen) atoms. The van der Waals surface area contributed by atoms with E-state index in [2.05, 4.69) is 5.32 Å². The Labute approximate surface area is 133 Å². The minimum absolute atomic E-state index is 0.0322. The lowest BCUT2D eigenvalue weighted by atomic mass is 10.2. The molecule has 0 atom stereocenters. The van der Waals surface area contributed by atoms with Gasteiger partial charge in [-0.2, -0.15) is 13.2 Å². The van der Waals surface area contributed by atoms with Gasteiger partial charge in [-0.1, -0.05) is 11.6 Å². The molecular weight excluding hydrogens is 337 g/mol. The molecule has 2 amide bonds. The summed E-state index contributed by atoms with van der Waals surface area (Å²) in [5, 5.41) is 4.18. The zero-order valence-corrected chi connectivity index (χ0v) is 12.2. The minimum Gasteiger partial charge on any atom is -0.467 e. The molecule has 0 aliphatic heterocycles. The molecule has 2 rings (SSSR count). The number of rotatable bonds is 3. The Morgan fingerprint density at radius 2 is 1.91 bits per heavy atom. The second kappa shape index (κ2) is 6.74. The number of hydrogen-bond acceptors (Lipinski definition) is 3. The zero-order valence-electron chi connectivity index (χ0n) is 11.4. The van der Waals surface area contributed by atoms with Gasteiger partial charge in [0.2, 0.25) is 0 Å². The van der Waals surface area contributed by atoms with E-state index in [9.17, 15) is 22.8 Å². The highest BCUT2D eigenvalue weighted by atomic mass is 35.5. The van der Waals surface area contributed by atoms with Crippen LogP contribution in [0.25, 0.3) is 0 Å². The van der Waals surface area contributed by atoms with Gasteiger partial charge >= 0.3 is 18.0 Å². The molecule has 0 radical (unpaired) electrons. The van der Waals surface area contributed by atoms with E-state index in [0.717, 1.165) is 12.1 Å². The molecule has 5 nitrogen and oxygen atoms in total. The van der Waals surface area contributed by atoms with Crippen LogP contribution in [0.2, 0.25) is 5.02 Å². The lowest BCUT2D eigenvalue weighted by molar-refractivity contribution is -0.137. The molecule has 0 saturated heterocycles. The van der Waals surface area contributed by atoms with Gasteiger partial charge in [0.15, 0.2) is 0 Å². The number of furan rings is 1. The molecule has 1 heterocycles. The molecule has 2 N–H and O–H groups in total. The maximum absolute atomic E-state index is 12.6. The smallest absolute Gasteiger partial charge is 0.416 e. The lowest BCUT2D eigenvalue weighted by Crippen LogP contribution is -2.35. The van der Waals surface area contributed by atoms with Gasteiger partial charge in [-0.25, -0.2) is 0 Å². The first-order valence-electron chi connectivity index (χ1n) is 6.25. The highest BCUT2D eigenvalue weighted by molar-refractivity contribution is 6.41. The van der Waals surface area contributed by atoms with Gasteiger partial charge in [0.1, 0.15) is 5.76 Å². The maximum Gasteiger partial charge on any atom is 0.416 e. The van der Waals surface area contributed by atoms with E-state index in [0.29, 0.717) is 11.8 Å². The molecule has 0 bridgehead atoms. The Balaban J connectivity index is 2.03. The van der Waals surface area contributed by atoms with Crippen molar-refractivity contribution in [1.29, 1.82) is 0 Å². The molecular formula is C14H10ClF3N2O3. The number of benzene rings is 1. The summed E-state index contributed by atoms with van der Waals surface area (Å²) < 4.78 is 42.8. The van der Waals surface area contributed by atoms with Crippen molar-refractivity contribution in [1.82, 2.24) is 5.32 Å². The Morgan fingerprint density at radius 1 is 1.17 bits per heavy atom. The van der Waals surface area contributed by atoms with Gasteiger partial charge in [0.25, 0.3) is 0 Å². The van der Waals surface area contributed by atoms with E-state index < -0.39 is 23.6 Å². The number of alkyl halides is 3. The fourth-order valence-electron chi connectivity index (χ4n) is 1.64. The first kappa shape index (κ1) is 16.9. The Kier molecular flexibility index (Phi) is 4.95. The highest BCUT2D eigenvalue weighted by Crippen LogP contribution is 2.33. The lowest BCUT2D eigenvalue weighted by Gasteiger charge is -2.11. The molecule has 0 unspecified atom stereocenters. The SMILES string of the molecule is O=C(NCc1ccco1)C(=O)Nc1cc(C(F)(F)F)ccc1Cl. The van der Waals surface area contributed by atoms with Crippen LogP contribution < -0.4 is 10.6 Å². The first-order valence-corrected chi connectivity index (χ1v) is 6.63. The van der Waals surface area contributed by atoms with Crippen LogP contribution in [0.1, 0.15) is 11.3 Å². The average Bonchev–Trinajstić information content (AvgIpc) is 2.99. The van der Waals surface area contributed by atoms with Crippen LogP contribution >= 0.6 is 11.6 Å². The minimum atomic E-state index is -4.59. The van der Waals surface area contributed by atoms with Gasteiger partial charge < -0.3 is 15.1 Å². The van der Waals surface area contributed by atoms with E-state index in [1.807, 2.05) is 5.32 Å². The number of carbonyl (C=O) groups excluding carboxylic acids is 2. The number of hydrogen-bond donors (Lipinski definition) is 2.